The van der Waals surface area contributed by atoms with Crippen molar-refractivity contribution in [2.45, 2.75) is 5.92 Å². The minimum Gasteiger partial charge on any atom is -0.301 e. The zero-order valence-electron chi connectivity index (χ0n) is 11.2. The summed E-state index contributed by atoms with van der Waals surface area (Å²) in [5, 5.41) is 0. The number of hydrogen-bond donors (Lipinski definition) is 0. The van der Waals surface area contributed by atoms with Crippen LogP contribution >= 0.6 is 0 Å². The standard InChI is InChI=1S/C19H16N/c20-18-14-8-7-13-17(18)19(15-9-3-1-4-10-15)16-11-5-2-6-12-16/h1-14,19-20H. The monoisotopic (exact) mass is 258 g/mol. The molecule has 1 N–H and O–H groups in total. The number of benzene rings is 3. The highest BCUT2D eigenvalue weighted by atomic mass is 14.6. The van der Waals surface area contributed by atoms with Gasteiger partial charge in [-0.3, -0.25) is 0 Å². The molecule has 1 nitrogen and oxygen atoms in total. The second-order valence-electron chi connectivity index (χ2n) is 4.84. The average Bonchev–Trinajstić information content (AvgIpc) is 2.52. The maximum absolute atomic E-state index is 8.20. The molecule has 0 aromatic heterocycles. The highest BCUT2D eigenvalue weighted by molar-refractivity contribution is 5.53. The number of hydrogen-bond acceptors (Lipinski definition) is 0. The molecule has 0 bridgehead atoms. The molecule has 3 aromatic carbocycles. The second-order valence-corrected chi connectivity index (χ2v) is 4.84. The summed E-state index contributed by atoms with van der Waals surface area (Å²) < 4.78 is 0. The van der Waals surface area contributed by atoms with Gasteiger partial charge < -0.3 is 5.73 Å². The van der Waals surface area contributed by atoms with Crippen molar-refractivity contribution >= 4 is 5.69 Å². The molecule has 0 aliphatic rings. The Morgan fingerprint density at radius 2 is 1.00 bits per heavy atom. The molecule has 0 aliphatic heterocycles. The fourth-order valence-corrected chi connectivity index (χ4v) is 2.59. The van der Waals surface area contributed by atoms with Crippen molar-refractivity contribution in [1.82, 2.24) is 5.73 Å². The lowest BCUT2D eigenvalue weighted by Crippen LogP contribution is -2.04. The average molecular weight is 258 g/mol. The van der Waals surface area contributed by atoms with Gasteiger partial charge in [0.15, 0.2) is 0 Å². The maximum Gasteiger partial charge on any atom is 0.0581 e. The van der Waals surface area contributed by atoms with Gasteiger partial charge in [-0.25, -0.2) is 0 Å². The quantitative estimate of drug-likeness (QED) is 0.604. The highest BCUT2D eigenvalue weighted by Gasteiger charge is 2.18. The summed E-state index contributed by atoms with van der Waals surface area (Å²) in [7, 11) is 0. The van der Waals surface area contributed by atoms with E-state index in [1.165, 1.54) is 11.1 Å². The maximum atomic E-state index is 8.20. The summed E-state index contributed by atoms with van der Waals surface area (Å²) in [6.45, 7) is 0. The zero-order valence-corrected chi connectivity index (χ0v) is 11.2. The molecule has 1 radical (unpaired) electrons. The second kappa shape index (κ2) is 5.62. The molecule has 0 atom stereocenters. The van der Waals surface area contributed by atoms with Gasteiger partial charge in [0, 0.05) is 5.92 Å². The SMILES string of the molecule is [NH]c1ccccc1C(c1ccccc1)c1ccccc1. The van der Waals surface area contributed by atoms with Crippen molar-refractivity contribution in [3.8, 4) is 0 Å². The summed E-state index contributed by atoms with van der Waals surface area (Å²) in [6, 6.07) is 28.6. The Hall–Kier alpha value is -2.54. The van der Waals surface area contributed by atoms with Crippen molar-refractivity contribution in [1.29, 1.82) is 0 Å². The smallest absolute Gasteiger partial charge is 0.0581 e. The Balaban J connectivity index is 2.17. The van der Waals surface area contributed by atoms with Crippen LogP contribution in [0.2, 0.25) is 0 Å². The summed E-state index contributed by atoms with van der Waals surface area (Å²) >= 11 is 0. The summed E-state index contributed by atoms with van der Waals surface area (Å²) in [5.41, 5.74) is 12.3. The van der Waals surface area contributed by atoms with E-state index < -0.39 is 0 Å². The van der Waals surface area contributed by atoms with E-state index in [0.29, 0.717) is 5.69 Å². The van der Waals surface area contributed by atoms with Gasteiger partial charge in [-0.05, 0) is 22.8 Å². The molecule has 1 heteroatoms. The fourth-order valence-electron chi connectivity index (χ4n) is 2.59. The van der Waals surface area contributed by atoms with Crippen LogP contribution in [0.1, 0.15) is 22.6 Å². The predicted octanol–water partition coefficient (Wildman–Crippen LogP) is 4.78. The third kappa shape index (κ3) is 2.43. The molecule has 20 heavy (non-hydrogen) atoms. The van der Waals surface area contributed by atoms with E-state index in [1.54, 1.807) is 0 Å². The molecular formula is C19H16N. The first kappa shape index (κ1) is 12.5. The molecule has 0 aliphatic carbocycles. The Labute approximate surface area is 119 Å². The van der Waals surface area contributed by atoms with Gasteiger partial charge in [0.05, 0.1) is 5.69 Å². The molecule has 0 fully saturated rings. The number of rotatable bonds is 3. The normalized spacial score (nSPS) is 10.7. The molecule has 3 rings (SSSR count). The first-order valence-corrected chi connectivity index (χ1v) is 6.76. The summed E-state index contributed by atoms with van der Waals surface area (Å²) in [6.07, 6.45) is 0. The van der Waals surface area contributed by atoms with E-state index in [2.05, 4.69) is 48.5 Å². The van der Waals surface area contributed by atoms with Gasteiger partial charge in [-0.1, -0.05) is 78.9 Å². The van der Waals surface area contributed by atoms with Crippen molar-refractivity contribution < 1.29 is 0 Å². The molecule has 0 saturated carbocycles. The molecule has 97 valence electrons. The molecule has 0 heterocycles. The van der Waals surface area contributed by atoms with Crippen LogP contribution in [0.5, 0.6) is 0 Å². The Morgan fingerprint density at radius 1 is 0.550 bits per heavy atom. The topological polar surface area (TPSA) is 23.8 Å². The van der Waals surface area contributed by atoms with Crippen LogP contribution in [-0.2, 0) is 0 Å². The van der Waals surface area contributed by atoms with E-state index in [9.17, 15) is 0 Å². The van der Waals surface area contributed by atoms with Crippen molar-refractivity contribution in [3.05, 3.63) is 102 Å². The first-order chi connectivity index (χ1) is 9.86. The number of nitrogens with one attached hydrogen (secondary N) is 1. The molecule has 3 aromatic rings. The molecule has 0 amide bonds. The van der Waals surface area contributed by atoms with Gasteiger partial charge in [0.2, 0.25) is 0 Å². The first-order valence-electron chi connectivity index (χ1n) is 6.76. The Morgan fingerprint density at radius 3 is 1.50 bits per heavy atom. The molecule has 0 unspecified atom stereocenters. The highest BCUT2D eigenvalue weighted by Crippen LogP contribution is 2.35. The van der Waals surface area contributed by atoms with E-state index in [4.69, 9.17) is 5.73 Å². The third-order valence-corrected chi connectivity index (χ3v) is 3.54. The van der Waals surface area contributed by atoms with Gasteiger partial charge in [0.25, 0.3) is 0 Å². The zero-order chi connectivity index (χ0) is 13.8. The third-order valence-electron chi connectivity index (χ3n) is 3.54. The minimum absolute atomic E-state index is 0.117. The van der Waals surface area contributed by atoms with Gasteiger partial charge in [-0.2, -0.15) is 0 Å². The lowest BCUT2D eigenvalue weighted by molar-refractivity contribution is 0.974. The van der Waals surface area contributed by atoms with Crippen molar-refractivity contribution in [2.75, 3.05) is 0 Å². The van der Waals surface area contributed by atoms with Crippen LogP contribution in [0, 0.1) is 0 Å². The van der Waals surface area contributed by atoms with Crippen molar-refractivity contribution in [2.24, 2.45) is 0 Å². The lowest BCUT2D eigenvalue weighted by atomic mass is 9.84. The molecule has 0 spiro atoms. The predicted molar refractivity (Wildman–Crippen MR) is 83.0 cm³/mol. The van der Waals surface area contributed by atoms with E-state index in [-0.39, 0.29) is 5.92 Å². The molecular weight excluding hydrogens is 242 g/mol. The lowest BCUT2D eigenvalue weighted by Gasteiger charge is -2.20. The minimum atomic E-state index is 0.117. The fraction of sp³-hybridized carbons (Fsp3) is 0.0526. The summed E-state index contributed by atoms with van der Waals surface area (Å²) in [5.74, 6) is 0.117. The van der Waals surface area contributed by atoms with Crippen LogP contribution in [0.15, 0.2) is 84.9 Å². The largest absolute Gasteiger partial charge is 0.301 e. The van der Waals surface area contributed by atoms with Crippen molar-refractivity contribution in [3.63, 3.8) is 0 Å². The molecule has 0 saturated heterocycles. The Bertz CT molecular complexity index is 635. The van der Waals surface area contributed by atoms with Crippen LogP contribution in [0.25, 0.3) is 0 Å². The van der Waals surface area contributed by atoms with Crippen LogP contribution in [-0.4, -0.2) is 0 Å². The van der Waals surface area contributed by atoms with E-state index in [0.717, 1.165) is 5.56 Å². The van der Waals surface area contributed by atoms with Gasteiger partial charge >= 0.3 is 0 Å². The van der Waals surface area contributed by atoms with E-state index in [1.807, 2.05) is 36.4 Å². The summed E-state index contributed by atoms with van der Waals surface area (Å²) in [4.78, 5) is 0. The van der Waals surface area contributed by atoms with Gasteiger partial charge in [0.1, 0.15) is 0 Å². The van der Waals surface area contributed by atoms with Crippen LogP contribution in [0.3, 0.4) is 0 Å². The van der Waals surface area contributed by atoms with Gasteiger partial charge in [-0.15, -0.1) is 0 Å². The van der Waals surface area contributed by atoms with E-state index >= 15 is 0 Å². The Kier molecular flexibility index (Phi) is 3.51. The van der Waals surface area contributed by atoms with Crippen LogP contribution in [0.4, 0.5) is 5.69 Å². The van der Waals surface area contributed by atoms with Crippen LogP contribution < -0.4 is 5.73 Å².